The SMILES string of the molecule is CC(C)(C)[C]1[P][C]1C(C)(C)C.CC(C)(C)[C]1[P][P][C](C(C)(C)C)[P]1.[Ni]. The molecular formula is C20H36NiP4. The van der Waals surface area contributed by atoms with E-state index >= 15 is 0 Å². The van der Waals surface area contributed by atoms with Crippen molar-refractivity contribution in [3.8, 4) is 0 Å². The minimum atomic E-state index is 0. The molecule has 0 atom stereocenters. The van der Waals surface area contributed by atoms with Crippen LogP contribution in [0, 0.1) is 43.8 Å². The first-order chi connectivity index (χ1) is 10.4. The van der Waals surface area contributed by atoms with Gasteiger partial charge >= 0.3 is 0 Å². The van der Waals surface area contributed by atoms with Crippen LogP contribution in [0.3, 0.4) is 0 Å². The van der Waals surface area contributed by atoms with Crippen LogP contribution in [0.15, 0.2) is 0 Å². The van der Waals surface area contributed by atoms with Crippen LogP contribution in [0.5, 0.6) is 0 Å². The Kier molecular flexibility index (Phi) is 10.2. The van der Waals surface area contributed by atoms with Crippen molar-refractivity contribution in [1.82, 2.24) is 0 Å². The predicted octanol–water partition coefficient (Wildman–Crippen LogP) is 9.92. The molecule has 2 rings (SSSR count). The summed E-state index contributed by atoms with van der Waals surface area (Å²) in [6.45, 7) is 27.7. The van der Waals surface area contributed by atoms with Gasteiger partial charge in [0.2, 0.25) is 0 Å². The van der Waals surface area contributed by atoms with E-state index in [1.54, 1.807) is 22.1 Å². The zero-order valence-corrected chi connectivity index (χ0v) is 22.7. The van der Waals surface area contributed by atoms with Gasteiger partial charge in [0.25, 0.3) is 0 Å². The normalized spacial score (nSPS) is 24.5. The Morgan fingerprint density at radius 3 is 0.840 bits per heavy atom. The molecule has 2 saturated heterocycles. The Labute approximate surface area is 176 Å². The molecule has 0 aliphatic carbocycles. The molecule has 2 fully saturated rings. The Hall–Kier alpha value is 2.21. The Morgan fingerprint density at radius 2 is 0.720 bits per heavy atom. The second kappa shape index (κ2) is 9.35. The quantitative estimate of drug-likeness (QED) is 0.250. The van der Waals surface area contributed by atoms with Crippen molar-refractivity contribution in [2.45, 2.75) is 83.1 Å². The third-order valence-electron chi connectivity index (χ3n) is 3.61. The number of hydrogen-bond donors (Lipinski definition) is 0. The smallest absolute Gasteiger partial charge is 0.0437 e. The summed E-state index contributed by atoms with van der Waals surface area (Å²) in [7, 11) is 6.10. The average molecular weight is 459 g/mol. The first kappa shape index (κ1) is 27.2. The number of hydrogen-bond acceptors (Lipinski definition) is 0. The van der Waals surface area contributed by atoms with E-state index in [1.165, 1.54) is 33.7 Å². The maximum absolute atomic E-state index is 2.32. The van der Waals surface area contributed by atoms with Gasteiger partial charge in [0, 0.05) is 38.6 Å². The molecule has 0 unspecified atom stereocenters. The van der Waals surface area contributed by atoms with Gasteiger partial charge in [0.05, 0.1) is 0 Å². The van der Waals surface area contributed by atoms with Crippen molar-refractivity contribution in [3.63, 3.8) is 0 Å². The predicted molar refractivity (Wildman–Crippen MR) is 118 cm³/mol. The van der Waals surface area contributed by atoms with Crippen LogP contribution in [-0.2, 0) is 16.5 Å². The maximum Gasteiger partial charge on any atom is 0.0437 e. The summed E-state index contributed by atoms with van der Waals surface area (Å²) < 4.78 is 0. The third kappa shape index (κ3) is 9.05. The van der Waals surface area contributed by atoms with Crippen molar-refractivity contribution >= 4 is 33.7 Å². The van der Waals surface area contributed by atoms with E-state index in [0.29, 0.717) is 21.7 Å². The van der Waals surface area contributed by atoms with E-state index in [2.05, 4.69) is 83.1 Å². The first-order valence-corrected chi connectivity index (χ1v) is 13.1. The van der Waals surface area contributed by atoms with Gasteiger partial charge in [0.15, 0.2) is 0 Å². The standard InChI is InChI=1S/C10H18P3.C10H18P.Ni/c1-9(2,3)7-11-8(13-12-7)10(4,5)6;1-9(2,3)7-8(11-7)10(4,5)6;/h1-6H3;1-6H3;. The first-order valence-electron chi connectivity index (χ1n) is 8.79. The van der Waals surface area contributed by atoms with E-state index in [0.717, 1.165) is 0 Å². The van der Waals surface area contributed by atoms with E-state index in [4.69, 9.17) is 0 Å². The fourth-order valence-electron chi connectivity index (χ4n) is 2.00. The van der Waals surface area contributed by atoms with Crippen LogP contribution < -0.4 is 0 Å². The largest absolute Gasteiger partial charge is 0.0620 e. The van der Waals surface area contributed by atoms with Crippen LogP contribution in [-0.4, -0.2) is 0 Å². The summed E-state index contributed by atoms with van der Waals surface area (Å²) in [5, 5.41) is 3.36. The molecule has 0 bridgehead atoms. The summed E-state index contributed by atoms with van der Waals surface area (Å²) in [6.07, 6.45) is 0. The van der Waals surface area contributed by atoms with E-state index < -0.39 is 0 Å². The van der Waals surface area contributed by atoms with E-state index in [1.807, 2.05) is 0 Å². The molecule has 2 aliphatic rings. The van der Waals surface area contributed by atoms with Crippen molar-refractivity contribution in [2.24, 2.45) is 21.7 Å². The van der Waals surface area contributed by atoms with Crippen LogP contribution in [0.25, 0.3) is 0 Å². The zero-order chi connectivity index (χ0) is 19.1. The molecule has 0 aromatic heterocycles. The van der Waals surface area contributed by atoms with Gasteiger partial charge in [-0.25, -0.2) is 0 Å². The fourth-order valence-corrected chi connectivity index (χ4v) is 10.3. The van der Waals surface area contributed by atoms with Crippen LogP contribution in [0.4, 0.5) is 0 Å². The van der Waals surface area contributed by atoms with Crippen LogP contribution in [0.2, 0.25) is 0 Å². The Morgan fingerprint density at radius 1 is 0.440 bits per heavy atom. The minimum Gasteiger partial charge on any atom is -0.0620 e. The van der Waals surface area contributed by atoms with Crippen LogP contribution in [0.1, 0.15) is 83.1 Å². The fraction of sp³-hybridized carbons (Fsp3) is 0.800. The van der Waals surface area contributed by atoms with Crippen molar-refractivity contribution < 1.29 is 16.5 Å². The average Bonchev–Trinajstić information content (AvgIpc) is 2.97. The summed E-state index contributed by atoms with van der Waals surface area (Å²) in [5.41, 5.74) is 4.91. The van der Waals surface area contributed by atoms with Gasteiger partial charge in [-0.2, -0.15) is 0 Å². The second-order valence-electron chi connectivity index (χ2n) is 10.8. The molecule has 146 valence electrons. The number of rotatable bonds is 0. The van der Waals surface area contributed by atoms with Gasteiger partial charge in [-0.3, -0.25) is 0 Å². The summed E-state index contributed by atoms with van der Waals surface area (Å²) in [5.74, 6) is 0. The molecule has 5 heteroatoms. The summed E-state index contributed by atoms with van der Waals surface area (Å²) in [4.78, 5) is 0. The van der Waals surface area contributed by atoms with Gasteiger partial charge in [-0.1, -0.05) is 100 Å². The van der Waals surface area contributed by atoms with Crippen molar-refractivity contribution in [2.75, 3.05) is 0 Å². The van der Waals surface area contributed by atoms with E-state index in [9.17, 15) is 0 Å². The van der Waals surface area contributed by atoms with Gasteiger partial charge < -0.3 is 0 Å². The van der Waals surface area contributed by atoms with Crippen molar-refractivity contribution in [1.29, 1.82) is 0 Å². The molecule has 0 nitrogen and oxygen atoms in total. The van der Waals surface area contributed by atoms with Crippen LogP contribution >= 0.6 is 33.7 Å². The molecule has 0 spiro atoms. The summed E-state index contributed by atoms with van der Waals surface area (Å²) >= 11 is 0. The molecule has 0 saturated carbocycles. The summed E-state index contributed by atoms with van der Waals surface area (Å²) in [6, 6.07) is 0. The zero-order valence-electron chi connectivity index (χ0n) is 18.1. The molecule has 2 aliphatic heterocycles. The van der Waals surface area contributed by atoms with Gasteiger partial charge in [0.1, 0.15) is 0 Å². The third-order valence-corrected chi connectivity index (χ3v) is 12.9. The Bertz CT molecular complexity index is 371. The Balaban J connectivity index is 0.000000449. The molecule has 8 radical (unpaired) electrons. The molecule has 0 N–H and O–H groups in total. The topological polar surface area (TPSA) is 0 Å². The molecule has 25 heavy (non-hydrogen) atoms. The maximum atomic E-state index is 2.32. The minimum absolute atomic E-state index is 0. The molecule has 0 aromatic carbocycles. The van der Waals surface area contributed by atoms with E-state index in [-0.39, 0.29) is 16.5 Å². The second-order valence-corrected chi connectivity index (χ2v) is 16.2. The molecule has 0 amide bonds. The monoisotopic (exact) mass is 458 g/mol. The molecule has 2 heterocycles. The molecule has 0 aromatic rings. The molecular weight excluding hydrogens is 423 g/mol. The van der Waals surface area contributed by atoms with Gasteiger partial charge in [-0.15, -0.1) is 0 Å². The van der Waals surface area contributed by atoms with Crippen molar-refractivity contribution in [3.05, 3.63) is 22.1 Å². The van der Waals surface area contributed by atoms with Gasteiger partial charge in [-0.05, 0) is 38.2 Å².